The number of carbonyl (C=O) groups excluding carboxylic acids is 1. The molecule has 0 fully saturated rings. The SMILES string of the molecule is CCC(CC)(CO)NC(=O)Nc1cccc(-c2n[nH]c(C)n2)c1. The molecule has 1 aromatic heterocycles. The smallest absolute Gasteiger partial charge is 0.319 e. The van der Waals surface area contributed by atoms with Crippen LogP contribution in [0, 0.1) is 6.92 Å². The van der Waals surface area contributed by atoms with Gasteiger partial charge in [-0.05, 0) is 31.9 Å². The maximum absolute atomic E-state index is 12.2. The molecular weight excluding hydrogens is 294 g/mol. The normalized spacial score (nSPS) is 11.3. The Morgan fingerprint density at radius 3 is 2.65 bits per heavy atom. The Bertz CT molecular complexity index is 656. The summed E-state index contributed by atoms with van der Waals surface area (Å²) in [4.78, 5) is 16.5. The Kier molecular flexibility index (Phi) is 5.33. The van der Waals surface area contributed by atoms with E-state index >= 15 is 0 Å². The van der Waals surface area contributed by atoms with Gasteiger partial charge in [-0.25, -0.2) is 9.78 Å². The van der Waals surface area contributed by atoms with Crippen LogP contribution in [0.25, 0.3) is 11.4 Å². The Labute approximate surface area is 135 Å². The number of amides is 2. The molecule has 0 saturated heterocycles. The first-order valence-electron chi connectivity index (χ1n) is 7.71. The minimum Gasteiger partial charge on any atom is -0.394 e. The summed E-state index contributed by atoms with van der Waals surface area (Å²) in [6, 6.07) is 6.96. The van der Waals surface area contributed by atoms with Gasteiger partial charge in [0.15, 0.2) is 5.82 Å². The molecule has 0 bridgehead atoms. The molecule has 2 amide bonds. The second-order valence-corrected chi connectivity index (χ2v) is 5.55. The fourth-order valence-electron chi connectivity index (χ4n) is 2.30. The summed E-state index contributed by atoms with van der Waals surface area (Å²) in [6.07, 6.45) is 1.31. The Morgan fingerprint density at radius 2 is 2.09 bits per heavy atom. The largest absolute Gasteiger partial charge is 0.394 e. The van der Waals surface area contributed by atoms with E-state index < -0.39 is 5.54 Å². The lowest BCUT2D eigenvalue weighted by molar-refractivity contribution is 0.155. The van der Waals surface area contributed by atoms with Crippen LogP contribution in [0.15, 0.2) is 24.3 Å². The predicted octanol–water partition coefficient (Wildman–Crippen LogP) is 2.45. The number of aromatic amines is 1. The molecule has 0 atom stereocenters. The maximum Gasteiger partial charge on any atom is 0.319 e. The number of H-pyrrole nitrogens is 1. The number of aliphatic hydroxyl groups excluding tert-OH is 1. The molecule has 0 radical (unpaired) electrons. The zero-order valence-electron chi connectivity index (χ0n) is 13.7. The lowest BCUT2D eigenvalue weighted by Crippen LogP contribution is -2.52. The number of aliphatic hydroxyl groups is 1. The van der Waals surface area contributed by atoms with Gasteiger partial charge in [-0.3, -0.25) is 5.10 Å². The van der Waals surface area contributed by atoms with Crippen molar-refractivity contribution < 1.29 is 9.90 Å². The highest BCUT2D eigenvalue weighted by atomic mass is 16.3. The molecule has 0 spiro atoms. The van der Waals surface area contributed by atoms with Crippen LogP contribution in [0.2, 0.25) is 0 Å². The van der Waals surface area contributed by atoms with Crippen LogP contribution in [0.5, 0.6) is 0 Å². The highest BCUT2D eigenvalue weighted by molar-refractivity contribution is 5.90. The van der Waals surface area contributed by atoms with E-state index in [0.717, 1.165) is 11.4 Å². The highest BCUT2D eigenvalue weighted by Gasteiger charge is 2.27. The Morgan fingerprint density at radius 1 is 1.35 bits per heavy atom. The van der Waals surface area contributed by atoms with E-state index in [0.29, 0.717) is 24.4 Å². The number of anilines is 1. The lowest BCUT2D eigenvalue weighted by Gasteiger charge is -2.30. The first kappa shape index (κ1) is 17.0. The van der Waals surface area contributed by atoms with Crippen LogP contribution in [-0.2, 0) is 0 Å². The Balaban J connectivity index is 2.10. The number of aryl methyl sites for hydroxylation is 1. The second-order valence-electron chi connectivity index (χ2n) is 5.55. The van der Waals surface area contributed by atoms with Gasteiger partial charge in [-0.1, -0.05) is 26.0 Å². The second kappa shape index (κ2) is 7.23. The van der Waals surface area contributed by atoms with Crippen molar-refractivity contribution in [3.05, 3.63) is 30.1 Å². The minimum atomic E-state index is -0.595. The summed E-state index contributed by atoms with van der Waals surface area (Å²) in [5.74, 6) is 1.31. The molecule has 0 aliphatic rings. The van der Waals surface area contributed by atoms with Gasteiger partial charge in [-0.15, -0.1) is 0 Å². The average Bonchev–Trinajstić information content (AvgIpc) is 2.99. The van der Waals surface area contributed by atoms with Gasteiger partial charge in [0.2, 0.25) is 0 Å². The molecule has 1 heterocycles. The fourth-order valence-corrected chi connectivity index (χ4v) is 2.30. The van der Waals surface area contributed by atoms with Crippen LogP contribution in [0.3, 0.4) is 0 Å². The number of urea groups is 1. The van der Waals surface area contributed by atoms with E-state index in [1.54, 1.807) is 12.1 Å². The van der Waals surface area contributed by atoms with Crippen molar-refractivity contribution in [2.24, 2.45) is 0 Å². The van der Waals surface area contributed by atoms with Gasteiger partial charge >= 0.3 is 6.03 Å². The summed E-state index contributed by atoms with van der Waals surface area (Å²) in [6.45, 7) is 5.61. The van der Waals surface area contributed by atoms with E-state index in [-0.39, 0.29) is 12.6 Å². The monoisotopic (exact) mass is 317 g/mol. The van der Waals surface area contributed by atoms with Crippen molar-refractivity contribution in [2.75, 3.05) is 11.9 Å². The molecule has 0 aliphatic heterocycles. The van der Waals surface area contributed by atoms with E-state index in [1.807, 2.05) is 32.9 Å². The Hall–Kier alpha value is -2.41. The van der Waals surface area contributed by atoms with E-state index in [1.165, 1.54) is 0 Å². The van der Waals surface area contributed by atoms with E-state index in [2.05, 4.69) is 25.8 Å². The number of nitrogens with one attached hydrogen (secondary N) is 3. The van der Waals surface area contributed by atoms with Crippen molar-refractivity contribution in [3.63, 3.8) is 0 Å². The third-order valence-electron chi connectivity index (χ3n) is 4.01. The summed E-state index contributed by atoms with van der Waals surface area (Å²) in [5.41, 5.74) is 0.857. The molecule has 7 nitrogen and oxygen atoms in total. The van der Waals surface area contributed by atoms with Gasteiger partial charge in [0.1, 0.15) is 5.82 Å². The maximum atomic E-state index is 12.2. The molecule has 2 aromatic rings. The minimum absolute atomic E-state index is 0.0933. The quantitative estimate of drug-likeness (QED) is 0.657. The number of aromatic nitrogens is 3. The summed E-state index contributed by atoms with van der Waals surface area (Å²) < 4.78 is 0. The number of hydrogen-bond donors (Lipinski definition) is 4. The van der Waals surface area contributed by atoms with Crippen molar-refractivity contribution >= 4 is 11.7 Å². The molecule has 0 aliphatic carbocycles. The topological polar surface area (TPSA) is 103 Å². The van der Waals surface area contributed by atoms with Crippen LogP contribution < -0.4 is 10.6 Å². The third-order valence-corrected chi connectivity index (χ3v) is 4.01. The number of rotatable bonds is 6. The number of hydrogen-bond acceptors (Lipinski definition) is 4. The van der Waals surface area contributed by atoms with Gasteiger partial charge < -0.3 is 15.7 Å². The van der Waals surface area contributed by atoms with Gasteiger partial charge in [0.25, 0.3) is 0 Å². The van der Waals surface area contributed by atoms with E-state index in [9.17, 15) is 9.90 Å². The number of benzene rings is 1. The van der Waals surface area contributed by atoms with Crippen molar-refractivity contribution in [2.45, 2.75) is 39.2 Å². The van der Waals surface area contributed by atoms with Crippen molar-refractivity contribution in [3.8, 4) is 11.4 Å². The molecule has 2 rings (SSSR count). The fraction of sp³-hybridized carbons (Fsp3) is 0.438. The summed E-state index contributed by atoms with van der Waals surface area (Å²) in [5, 5.41) is 22.1. The van der Waals surface area contributed by atoms with Crippen LogP contribution in [-0.4, -0.2) is 38.5 Å². The van der Waals surface area contributed by atoms with Crippen molar-refractivity contribution in [1.82, 2.24) is 20.5 Å². The molecule has 23 heavy (non-hydrogen) atoms. The molecule has 7 heteroatoms. The van der Waals surface area contributed by atoms with Crippen molar-refractivity contribution in [1.29, 1.82) is 0 Å². The first-order chi connectivity index (χ1) is 11.0. The number of nitrogens with zero attached hydrogens (tertiary/aromatic N) is 2. The molecule has 4 N–H and O–H groups in total. The molecule has 0 unspecified atom stereocenters. The zero-order valence-corrected chi connectivity index (χ0v) is 13.7. The van der Waals surface area contributed by atoms with Crippen LogP contribution in [0.1, 0.15) is 32.5 Å². The predicted molar refractivity (Wildman–Crippen MR) is 89.1 cm³/mol. The van der Waals surface area contributed by atoms with E-state index in [4.69, 9.17) is 0 Å². The van der Waals surface area contributed by atoms with Gasteiger partial charge in [0.05, 0.1) is 12.1 Å². The van der Waals surface area contributed by atoms with Crippen LogP contribution >= 0.6 is 0 Å². The first-order valence-corrected chi connectivity index (χ1v) is 7.71. The molecule has 1 aromatic carbocycles. The van der Waals surface area contributed by atoms with Gasteiger partial charge in [-0.2, -0.15) is 5.10 Å². The third kappa shape index (κ3) is 4.07. The zero-order chi connectivity index (χ0) is 16.9. The van der Waals surface area contributed by atoms with Gasteiger partial charge in [0, 0.05) is 11.3 Å². The molecule has 124 valence electrons. The molecular formula is C16H23N5O2. The highest BCUT2D eigenvalue weighted by Crippen LogP contribution is 2.20. The average molecular weight is 317 g/mol. The summed E-state index contributed by atoms with van der Waals surface area (Å²) >= 11 is 0. The molecule has 0 saturated carbocycles. The lowest BCUT2D eigenvalue weighted by atomic mass is 9.94. The standard InChI is InChI=1S/C16H23N5O2/c1-4-16(5-2,10-22)19-15(23)18-13-8-6-7-12(9-13)14-17-11(3)20-21-14/h6-9,22H,4-5,10H2,1-3H3,(H,17,20,21)(H2,18,19,23). The van der Waals surface area contributed by atoms with Crippen LogP contribution in [0.4, 0.5) is 10.5 Å². The summed E-state index contributed by atoms with van der Waals surface area (Å²) in [7, 11) is 0. The number of carbonyl (C=O) groups is 1.